The van der Waals surface area contributed by atoms with Gasteiger partial charge in [-0.2, -0.15) is 13.2 Å². The summed E-state index contributed by atoms with van der Waals surface area (Å²) in [5.74, 6) is -0.440. The number of halogens is 3. The van der Waals surface area contributed by atoms with Crippen LogP contribution >= 0.6 is 24.0 Å². The number of anilines is 1. The first kappa shape index (κ1) is 25.5. The van der Waals surface area contributed by atoms with Crippen molar-refractivity contribution in [2.24, 2.45) is 0 Å². The molecule has 0 radical (unpaired) electrons. The van der Waals surface area contributed by atoms with Crippen molar-refractivity contribution < 1.29 is 27.5 Å². The molecule has 1 heterocycles. The number of carbonyl (C=O) groups is 2. The molecule has 4 rings (SSSR count). The Balaban J connectivity index is 1.37. The molecule has 3 aromatic carbocycles. The van der Waals surface area contributed by atoms with Crippen molar-refractivity contribution in [1.29, 1.82) is 0 Å². The molecule has 1 saturated heterocycles. The quantitative estimate of drug-likeness (QED) is 0.296. The lowest BCUT2D eigenvalue weighted by atomic mass is 10.2. The molecule has 10 heteroatoms. The lowest BCUT2D eigenvalue weighted by molar-refractivity contribution is -0.137. The summed E-state index contributed by atoms with van der Waals surface area (Å²) >= 11 is 6.59. The molecule has 3 aromatic rings. The van der Waals surface area contributed by atoms with E-state index in [-0.39, 0.29) is 11.6 Å². The number of thioether (sulfide) groups is 1. The first-order chi connectivity index (χ1) is 17.2. The average Bonchev–Trinajstić information content (AvgIpc) is 3.10. The summed E-state index contributed by atoms with van der Waals surface area (Å²) in [5, 5.41) is 2.39. The van der Waals surface area contributed by atoms with Crippen molar-refractivity contribution in [2.45, 2.75) is 12.7 Å². The summed E-state index contributed by atoms with van der Waals surface area (Å²) < 4.78 is 44.5. The standard InChI is InChI=1S/C26H19F3N2O3S2/c27-26(28,29)19-9-5-10-20(14-19)30-23(32)16-34-21-11-4-8-18(12-21)13-22-24(33)31(25(35)36-22)15-17-6-2-1-3-7-17/h1-14H,15-16H2,(H,30,32)/b22-13-. The number of benzene rings is 3. The Bertz CT molecular complexity index is 1330. The van der Waals surface area contributed by atoms with Gasteiger partial charge in [-0.1, -0.05) is 72.5 Å². The fourth-order valence-corrected chi connectivity index (χ4v) is 4.62. The van der Waals surface area contributed by atoms with Crippen LogP contribution in [0.4, 0.5) is 18.9 Å². The second-order valence-electron chi connectivity index (χ2n) is 7.74. The number of hydrogen-bond acceptors (Lipinski definition) is 5. The highest BCUT2D eigenvalue weighted by Crippen LogP contribution is 2.34. The lowest BCUT2D eigenvalue weighted by Crippen LogP contribution is -2.27. The smallest absolute Gasteiger partial charge is 0.416 e. The molecule has 184 valence electrons. The molecule has 0 bridgehead atoms. The number of nitrogens with zero attached hydrogens (tertiary/aromatic N) is 1. The van der Waals surface area contributed by atoms with Gasteiger partial charge >= 0.3 is 6.18 Å². The SMILES string of the molecule is O=C(COc1cccc(/C=C2\SC(=S)N(Cc3ccccc3)C2=O)c1)Nc1cccc(C(F)(F)F)c1. The third-order valence-corrected chi connectivity index (χ3v) is 6.43. The molecule has 1 aliphatic rings. The Kier molecular flexibility index (Phi) is 7.76. The number of carbonyl (C=O) groups excluding carboxylic acids is 2. The van der Waals surface area contributed by atoms with E-state index in [0.717, 1.165) is 17.7 Å². The summed E-state index contributed by atoms with van der Waals surface area (Å²) in [6.07, 6.45) is -2.81. The van der Waals surface area contributed by atoms with Crippen molar-refractivity contribution in [3.8, 4) is 5.75 Å². The Morgan fingerprint density at radius 3 is 2.53 bits per heavy atom. The molecule has 1 N–H and O–H groups in total. The lowest BCUT2D eigenvalue weighted by Gasteiger charge is -2.14. The second-order valence-corrected chi connectivity index (χ2v) is 9.42. The van der Waals surface area contributed by atoms with Crippen LogP contribution in [0.2, 0.25) is 0 Å². The van der Waals surface area contributed by atoms with E-state index in [1.165, 1.54) is 23.9 Å². The number of amides is 2. The normalized spacial score (nSPS) is 14.9. The average molecular weight is 529 g/mol. The van der Waals surface area contributed by atoms with Gasteiger partial charge in [-0.05, 0) is 47.5 Å². The minimum absolute atomic E-state index is 0.0182. The first-order valence-electron chi connectivity index (χ1n) is 10.7. The minimum atomic E-state index is -4.51. The zero-order valence-corrected chi connectivity index (χ0v) is 20.3. The number of rotatable bonds is 7. The largest absolute Gasteiger partial charge is 0.484 e. The molecule has 0 aromatic heterocycles. The molecule has 0 aliphatic carbocycles. The van der Waals surface area contributed by atoms with E-state index in [2.05, 4.69) is 5.32 Å². The fourth-order valence-electron chi connectivity index (χ4n) is 3.37. The van der Waals surface area contributed by atoms with Gasteiger partial charge in [-0.25, -0.2) is 0 Å². The Morgan fingerprint density at radius 2 is 1.78 bits per heavy atom. The van der Waals surface area contributed by atoms with Gasteiger partial charge in [-0.15, -0.1) is 0 Å². The summed E-state index contributed by atoms with van der Waals surface area (Å²) in [4.78, 5) is 27.1. The van der Waals surface area contributed by atoms with Crippen LogP contribution in [0.3, 0.4) is 0 Å². The van der Waals surface area contributed by atoms with Gasteiger partial charge in [-0.3, -0.25) is 14.5 Å². The highest BCUT2D eigenvalue weighted by atomic mass is 32.2. The van der Waals surface area contributed by atoms with Crippen LogP contribution in [0.1, 0.15) is 16.7 Å². The first-order valence-corrected chi connectivity index (χ1v) is 11.9. The van der Waals surface area contributed by atoms with Crippen LogP contribution in [0.5, 0.6) is 5.75 Å². The zero-order valence-electron chi connectivity index (χ0n) is 18.6. The molecule has 2 amide bonds. The van der Waals surface area contributed by atoms with Gasteiger partial charge in [0.25, 0.3) is 11.8 Å². The summed E-state index contributed by atoms with van der Waals surface area (Å²) in [6, 6.07) is 20.7. The van der Waals surface area contributed by atoms with E-state index in [1.54, 1.807) is 35.2 Å². The maximum atomic E-state index is 12.9. The molecular weight excluding hydrogens is 509 g/mol. The van der Waals surface area contributed by atoms with E-state index in [0.29, 0.717) is 27.1 Å². The highest BCUT2D eigenvalue weighted by molar-refractivity contribution is 8.26. The van der Waals surface area contributed by atoms with Crippen molar-refractivity contribution in [3.05, 3.63) is 100 Å². The number of alkyl halides is 3. The van der Waals surface area contributed by atoms with Crippen LogP contribution < -0.4 is 10.1 Å². The number of hydrogen-bond donors (Lipinski definition) is 1. The third-order valence-electron chi connectivity index (χ3n) is 5.06. The molecule has 5 nitrogen and oxygen atoms in total. The molecule has 36 heavy (non-hydrogen) atoms. The Hall–Kier alpha value is -3.63. The van der Waals surface area contributed by atoms with Crippen molar-refractivity contribution >= 4 is 51.9 Å². The van der Waals surface area contributed by atoms with Crippen LogP contribution in [-0.4, -0.2) is 27.6 Å². The zero-order chi connectivity index (χ0) is 25.7. The van der Waals surface area contributed by atoms with Gasteiger partial charge in [0.15, 0.2) is 6.61 Å². The van der Waals surface area contributed by atoms with Crippen molar-refractivity contribution in [2.75, 3.05) is 11.9 Å². The minimum Gasteiger partial charge on any atom is -0.484 e. The number of ether oxygens (including phenoxy) is 1. The van der Waals surface area contributed by atoms with E-state index < -0.39 is 24.3 Å². The summed E-state index contributed by atoms with van der Waals surface area (Å²) in [6.45, 7) is -0.0219. The number of nitrogens with one attached hydrogen (secondary N) is 1. The van der Waals surface area contributed by atoms with Gasteiger partial charge in [0, 0.05) is 5.69 Å². The van der Waals surface area contributed by atoms with Gasteiger partial charge in [0.05, 0.1) is 17.0 Å². The second kappa shape index (κ2) is 11.0. The monoisotopic (exact) mass is 528 g/mol. The molecule has 1 fully saturated rings. The molecular formula is C26H19F3N2O3S2. The van der Waals surface area contributed by atoms with Crippen LogP contribution in [0.15, 0.2) is 83.8 Å². The number of thiocarbonyl (C=S) groups is 1. The topological polar surface area (TPSA) is 58.6 Å². The molecule has 0 atom stereocenters. The fraction of sp³-hybridized carbons (Fsp3) is 0.115. The third kappa shape index (κ3) is 6.52. The molecule has 0 unspecified atom stereocenters. The van der Waals surface area contributed by atoms with Crippen LogP contribution in [0.25, 0.3) is 6.08 Å². The maximum absolute atomic E-state index is 12.9. The van der Waals surface area contributed by atoms with E-state index in [4.69, 9.17) is 17.0 Å². The van der Waals surface area contributed by atoms with Crippen molar-refractivity contribution in [3.63, 3.8) is 0 Å². The Labute approximate surface area is 214 Å². The van der Waals surface area contributed by atoms with Gasteiger partial charge in [0.2, 0.25) is 0 Å². The van der Waals surface area contributed by atoms with Crippen molar-refractivity contribution in [1.82, 2.24) is 4.90 Å². The molecule has 0 saturated carbocycles. The van der Waals surface area contributed by atoms with Gasteiger partial charge < -0.3 is 10.1 Å². The van der Waals surface area contributed by atoms with E-state index in [9.17, 15) is 22.8 Å². The summed E-state index contributed by atoms with van der Waals surface area (Å²) in [7, 11) is 0. The Morgan fingerprint density at radius 1 is 1.03 bits per heavy atom. The van der Waals surface area contributed by atoms with Crippen LogP contribution in [0, 0.1) is 0 Å². The summed E-state index contributed by atoms with van der Waals surface area (Å²) in [5.41, 5.74) is 0.799. The van der Waals surface area contributed by atoms with Crippen LogP contribution in [-0.2, 0) is 22.3 Å². The predicted octanol–water partition coefficient (Wildman–Crippen LogP) is 6.12. The predicted molar refractivity (Wildman–Crippen MR) is 137 cm³/mol. The van der Waals surface area contributed by atoms with Gasteiger partial charge in [0.1, 0.15) is 10.1 Å². The van der Waals surface area contributed by atoms with E-state index >= 15 is 0 Å². The molecule has 0 spiro atoms. The maximum Gasteiger partial charge on any atom is 0.416 e. The highest BCUT2D eigenvalue weighted by Gasteiger charge is 2.32. The van der Waals surface area contributed by atoms with E-state index in [1.807, 2.05) is 30.3 Å². The molecule has 1 aliphatic heterocycles.